The summed E-state index contributed by atoms with van der Waals surface area (Å²) in [5.41, 5.74) is 0. The highest BCUT2D eigenvalue weighted by molar-refractivity contribution is 5.90. The average Bonchev–Trinajstić information content (AvgIpc) is 3.04. The molecule has 1 amide bonds. The second kappa shape index (κ2) is 6.66. The predicted molar refractivity (Wildman–Crippen MR) is 73.8 cm³/mol. The lowest BCUT2D eigenvalue weighted by molar-refractivity contribution is -0.138. The van der Waals surface area contributed by atoms with Gasteiger partial charge < -0.3 is 9.52 Å². The van der Waals surface area contributed by atoms with E-state index in [9.17, 15) is 9.59 Å². The van der Waals surface area contributed by atoms with E-state index in [1.165, 1.54) is 0 Å². The first-order valence-electron chi connectivity index (χ1n) is 7.01. The highest BCUT2D eigenvalue weighted by Crippen LogP contribution is 2.29. The maximum Gasteiger partial charge on any atom is 0.322 e. The molecule has 0 bridgehead atoms. The van der Waals surface area contributed by atoms with E-state index in [1.54, 1.807) is 4.90 Å². The van der Waals surface area contributed by atoms with Gasteiger partial charge >= 0.3 is 12.0 Å². The van der Waals surface area contributed by atoms with Crippen LogP contribution < -0.4 is 5.32 Å². The van der Waals surface area contributed by atoms with Crippen LogP contribution in [0.1, 0.15) is 38.5 Å². The zero-order valence-corrected chi connectivity index (χ0v) is 12.2. The number of rotatable bonds is 8. The van der Waals surface area contributed by atoms with Crippen LogP contribution in [-0.2, 0) is 9.59 Å². The van der Waals surface area contributed by atoms with Crippen LogP contribution in [0.15, 0.2) is 4.42 Å². The van der Waals surface area contributed by atoms with E-state index >= 15 is 0 Å². The number of carboxylic acid groups (broad SMARTS) is 1. The Hall–Kier alpha value is -1.96. The van der Waals surface area contributed by atoms with Crippen molar-refractivity contribution in [3.05, 3.63) is 5.89 Å². The van der Waals surface area contributed by atoms with E-state index in [0.29, 0.717) is 18.4 Å². The number of anilines is 1. The smallest absolute Gasteiger partial charge is 0.322 e. The Bertz CT molecular complexity index is 510. The molecule has 0 aromatic carbocycles. The summed E-state index contributed by atoms with van der Waals surface area (Å²) in [6, 6.07) is 0.0467. The topological polar surface area (TPSA) is 109 Å². The lowest BCUT2D eigenvalue weighted by Gasteiger charge is -2.18. The van der Waals surface area contributed by atoms with Crippen LogP contribution in [0.4, 0.5) is 6.01 Å². The average molecular weight is 296 g/mol. The van der Waals surface area contributed by atoms with E-state index in [4.69, 9.17) is 9.52 Å². The molecule has 1 saturated carbocycles. The number of carbonyl (C=O) groups excluding carboxylic acids is 1. The van der Waals surface area contributed by atoms with Crippen LogP contribution >= 0.6 is 0 Å². The largest absolute Gasteiger partial charge is 0.480 e. The third kappa shape index (κ3) is 5.14. The van der Waals surface area contributed by atoms with Gasteiger partial charge in [-0.05, 0) is 18.8 Å². The van der Waals surface area contributed by atoms with Crippen molar-refractivity contribution in [2.24, 2.45) is 5.92 Å². The number of nitrogens with one attached hydrogen (secondary N) is 1. The maximum atomic E-state index is 11.9. The molecule has 2 rings (SSSR count). The van der Waals surface area contributed by atoms with Crippen molar-refractivity contribution >= 4 is 17.9 Å². The third-order valence-electron chi connectivity index (χ3n) is 3.12. The quantitative estimate of drug-likeness (QED) is 0.734. The first-order valence-corrected chi connectivity index (χ1v) is 7.01. The number of carboxylic acids is 1. The fourth-order valence-electron chi connectivity index (χ4n) is 1.92. The number of carbonyl (C=O) groups is 2. The van der Waals surface area contributed by atoms with Crippen molar-refractivity contribution < 1.29 is 19.1 Å². The Labute approximate surface area is 122 Å². The number of hydrogen-bond acceptors (Lipinski definition) is 6. The van der Waals surface area contributed by atoms with Crippen LogP contribution in [-0.4, -0.2) is 51.7 Å². The SMILES string of the molecule is CC(C)c1nnc(NC(=O)CN(CC(=O)O)CC2CC2)o1. The van der Waals surface area contributed by atoms with Gasteiger partial charge in [0.05, 0.1) is 13.1 Å². The summed E-state index contributed by atoms with van der Waals surface area (Å²) in [6.07, 6.45) is 2.19. The summed E-state index contributed by atoms with van der Waals surface area (Å²) in [6.45, 7) is 4.29. The number of nitrogens with zero attached hydrogens (tertiary/aromatic N) is 3. The molecule has 1 heterocycles. The number of aromatic nitrogens is 2. The summed E-state index contributed by atoms with van der Waals surface area (Å²) in [5, 5.41) is 18.9. The Kier molecular flexibility index (Phi) is 4.89. The molecule has 0 radical (unpaired) electrons. The molecule has 0 atom stereocenters. The summed E-state index contributed by atoms with van der Waals surface area (Å²) in [4.78, 5) is 24.3. The molecule has 2 N–H and O–H groups in total. The Morgan fingerprint density at radius 3 is 2.62 bits per heavy atom. The van der Waals surface area contributed by atoms with E-state index in [0.717, 1.165) is 12.8 Å². The summed E-state index contributed by atoms with van der Waals surface area (Å²) < 4.78 is 5.28. The van der Waals surface area contributed by atoms with Gasteiger partial charge in [0, 0.05) is 12.5 Å². The van der Waals surface area contributed by atoms with Crippen molar-refractivity contribution in [2.45, 2.75) is 32.6 Å². The van der Waals surface area contributed by atoms with Gasteiger partial charge in [0.15, 0.2) is 0 Å². The van der Waals surface area contributed by atoms with Gasteiger partial charge in [-0.1, -0.05) is 18.9 Å². The number of aliphatic carboxylic acids is 1. The second-order valence-electron chi connectivity index (χ2n) is 5.66. The summed E-state index contributed by atoms with van der Waals surface area (Å²) in [5.74, 6) is -0.250. The molecule has 21 heavy (non-hydrogen) atoms. The lowest BCUT2D eigenvalue weighted by atomic mass is 10.2. The highest BCUT2D eigenvalue weighted by atomic mass is 16.4. The second-order valence-corrected chi connectivity index (χ2v) is 5.66. The normalized spacial score (nSPS) is 14.7. The lowest BCUT2D eigenvalue weighted by Crippen LogP contribution is -2.38. The van der Waals surface area contributed by atoms with Gasteiger partial charge in [-0.2, -0.15) is 0 Å². The molecule has 1 aromatic heterocycles. The van der Waals surface area contributed by atoms with Gasteiger partial charge in [-0.15, -0.1) is 5.10 Å². The molecule has 1 fully saturated rings. The van der Waals surface area contributed by atoms with Crippen molar-refractivity contribution in [1.29, 1.82) is 0 Å². The van der Waals surface area contributed by atoms with Crippen LogP contribution in [0.5, 0.6) is 0 Å². The van der Waals surface area contributed by atoms with Gasteiger partial charge in [-0.3, -0.25) is 19.8 Å². The predicted octanol–water partition coefficient (Wildman–Crippen LogP) is 0.928. The fraction of sp³-hybridized carbons (Fsp3) is 0.692. The fourth-order valence-corrected chi connectivity index (χ4v) is 1.92. The van der Waals surface area contributed by atoms with E-state index in [-0.39, 0.29) is 30.9 Å². The molecule has 8 nitrogen and oxygen atoms in total. The minimum Gasteiger partial charge on any atom is -0.480 e. The minimum absolute atomic E-state index is 0.00217. The van der Waals surface area contributed by atoms with Gasteiger partial charge in [0.1, 0.15) is 0 Å². The summed E-state index contributed by atoms with van der Waals surface area (Å²) in [7, 11) is 0. The maximum absolute atomic E-state index is 11.9. The molecule has 8 heteroatoms. The van der Waals surface area contributed by atoms with Gasteiger partial charge in [0.25, 0.3) is 0 Å². The molecule has 0 unspecified atom stereocenters. The first-order chi connectivity index (χ1) is 9.94. The van der Waals surface area contributed by atoms with Crippen molar-refractivity contribution in [3.8, 4) is 0 Å². The van der Waals surface area contributed by atoms with Gasteiger partial charge in [0.2, 0.25) is 11.8 Å². The Morgan fingerprint density at radius 1 is 1.38 bits per heavy atom. The molecular weight excluding hydrogens is 276 g/mol. The molecule has 1 aromatic rings. The van der Waals surface area contributed by atoms with E-state index in [2.05, 4.69) is 15.5 Å². The molecular formula is C13H20N4O4. The minimum atomic E-state index is -0.941. The van der Waals surface area contributed by atoms with Crippen LogP contribution in [0.25, 0.3) is 0 Å². The molecule has 116 valence electrons. The zero-order valence-electron chi connectivity index (χ0n) is 12.2. The third-order valence-corrected chi connectivity index (χ3v) is 3.12. The standard InChI is InChI=1S/C13H20N4O4/c1-8(2)12-15-16-13(21-12)14-10(18)6-17(7-11(19)20)5-9-3-4-9/h8-9H,3-7H2,1-2H3,(H,19,20)(H,14,16,18). The zero-order chi connectivity index (χ0) is 15.4. The molecule has 0 aliphatic heterocycles. The Balaban J connectivity index is 1.86. The number of hydrogen-bond donors (Lipinski definition) is 2. The van der Waals surface area contributed by atoms with Gasteiger partial charge in [-0.25, -0.2) is 0 Å². The molecule has 0 spiro atoms. The first kappa shape index (κ1) is 15.4. The number of amides is 1. The monoisotopic (exact) mass is 296 g/mol. The summed E-state index contributed by atoms with van der Waals surface area (Å²) >= 11 is 0. The van der Waals surface area contributed by atoms with Crippen LogP contribution in [0.3, 0.4) is 0 Å². The van der Waals surface area contributed by atoms with Crippen LogP contribution in [0.2, 0.25) is 0 Å². The molecule has 0 saturated heterocycles. The van der Waals surface area contributed by atoms with E-state index < -0.39 is 5.97 Å². The molecule has 1 aliphatic carbocycles. The Morgan fingerprint density at radius 2 is 2.10 bits per heavy atom. The van der Waals surface area contributed by atoms with Crippen molar-refractivity contribution in [2.75, 3.05) is 25.0 Å². The molecule has 1 aliphatic rings. The highest BCUT2D eigenvalue weighted by Gasteiger charge is 2.26. The van der Waals surface area contributed by atoms with E-state index in [1.807, 2.05) is 13.8 Å². The van der Waals surface area contributed by atoms with Crippen LogP contribution in [0, 0.1) is 5.92 Å². The van der Waals surface area contributed by atoms with Crippen molar-refractivity contribution in [3.63, 3.8) is 0 Å². The van der Waals surface area contributed by atoms with Crippen molar-refractivity contribution in [1.82, 2.24) is 15.1 Å².